The lowest BCUT2D eigenvalue weighted by Crippen LogP contribution is -2.37. The Balaban J connectivity index is 1.68. The van der Waals surface area contributed by atoms with Crippen molar-refractivity contribution in [1.82, 2.24) is 9.62 Å². The average molecular weight is 437 g/mol. The third-order valence-electron chi connectivity index (χ3n) is 4.84. The fraction of sp³-hybridized carbons (Fsp3) is 0.381. The summed E-state index contributed by atoms with van der Waals surface area (Å²) in [4.78, 5) is 12.6. The van der Waals surface area contributed by atoms with Gasteiger partial charge in [0.2, 0.25) is 10.0 Å². The van der Waals surface area contributed by atoms with Crippen LogP contribution in [0.3, 0.4) is 0 Å². The number of ether oxygens (including phenoxy) is 1. The fourth-order valence-corrected chi connectivity index (χ4v) is 5.21. The van der Waals surface area contributed by atoms with E-state index in [2.05, 4.69) is 5.32 Å². The number of carbonyl (C=O) groups excluding carboxylic acids is 1. The minimum Gasteiger partial charge on any atom is -0.491 e. The van der Waals surface area contributed by atoms with Gasteiger partial charge in [-0.2, -0.15) is 4.31 Å². The first-order valence-corrected chi connectivity index (χ1v) is 11.4. The number of sulfonamides is 1. The second-order valence-electron chi connectivity index (χ2n) is 7.21. The molecule has 1 aliphatic rings. The summed E-state index contributed by atoms with van der Waals surface area (Å²) >= 11 is 6.14. The number of benzene rings is 2. The molecule has 29 heavy (non-hydrogen) atoms. The zero-order valence-corrected chi connectivity index (χ0v) is 18.1. The van der Waals surface area contributed by atoms with Gasteiger partial charge in [-0.15, -0.1) is 0 Å². The van der Waals surface area contributed by atoms with Gasteiger partial charge in [0.15, 0.2) is 0 Å². The van der Waals surface area contributed by atoms with E-state index in [1.807, 2.05) is 38.1 Å². The van der Waals surface area contributed by atoms with Crippen LogP contribution in [0.2, 0.25) is 5.02 Å². The molecule has 1 saturated heterocycles. The molecule has 0 bridgehead atoms. The highest BCUT2D eigenvalue weighted by Gasteiger charge is 2.29. The molecule has 6 nitrogen and oxygen atoms in total. The van der Waals surface area contributed by atoms with E-state index in [0.29, 0.717) is 19.7 Å². The first kappa shape index (κ1) is 21.6. The van der Waals surface area contributed by atoms with E-state index < -0.39 is 10.0 Å². The Hall–Kier alpha value is -2.09. The Morgan fingerprint density at radius 1 is 1.21 bits per heavy atom. The SMILES string of the molecule is Cc1ccccc1OC[C@H](C)NC(=O)c1ccc(Cl)c(S(=O)(=O)N2CCCC2)c1. The molecular weight excluding hydrogens is 412 g/mol. The Morgan fingerprint density at radius 2 is 1.90 bits per heavy atom. The molecule has 1 fully saturated rings. The summed E-state index contributed by atoms with van der Waals surface area (Å²) < 4.78 is 32.8. The van der Waals surface area contributed by atoms with Crippen molar-refractivity contribution in [3.8, 4) is 5.75 Å². The van der Waals surface area contributed by atoms with E-state index in [1.165, 1.54) is 22.5 Å². The van der Waals surface area contributed by atoms with Crippen molar-refractivity contribution in [3.05, 3.63) is 58.6 Å². The molecule has 1 aliphatic heterocycles. The van der Waals surface area contributed by atoms with Crippen molar-refractivity contribution >= 4 is 27.5 Å². The largest absolute Gasteiger partial charge is 0.491 e. The number of nitrogens with one attached hydrogen (secondary N) is 1. The highest BCUT2D eigenvalue weighted by molar-refractivity contribution is 7.89. The normalized spacial score (nSPS) is 15.8. The van der Waals surface area contributed by atoms with Gasteiger partial charge in [-0.1, -0.05) is 29.8 Å². The molecule has 1 N–H and O–H groups in total. The van der Waals surface area contributed by atoms with E-state index >= 15 is 0 Å². The molecular formula is C21H25ClN2O4S. The van der Waals surface area contributed by atoms with Crippen LogP contribution in [0.25, 0.3) is 0 Å². The molecule has 8 heteroatoms. The van der Waals surface area contributed by atoms with Gasteiger partial charge in [-0.3, -0.25) is 4.79 Å². The van der Waals surface area contributed by atoms with Crippen LogP contribution in [0.15, 0.2) is 47.4 Å². The predicted octanol–water partition coefficient (Wildman–Crippen LogP) is 3.63. The summed E-state index contributed by atoms with van der Waals surface area (Å²) in [5.41, 5.74) is 1.26. The van der Waals surface area contributed by atoms with E-state index in [9.17, 15) is 13.2 Å². The molecule has 2 aromatic rings. The zero-order chi connectivity index (χ0) is 21.0. The van der Waals surface area contributed by atoms with Crippen molar-refractivity contribution in [2.45, 2.75) is 37.6 Å². The number of nitrogens with zero attached hydrogens (tertiary/aromatic N) is 1. The first-order valence-electron chi connectivity index (χ1n) is 9.58. The lowest BCUT2D eigenvalue weighted by atomic mass is 10.2. The molecule has 1 heterocycles. The van der Waals surface area contributed by atoms with Crippen LogP contribution >= 0.6 is 11.6 Å². The lowest BCUT2D eigenvalue weighted by Gasteiger charge is -2.18. The van der Waals surface area contributed by atoms with Gasteiger partial charge in [0.1, 0.15) is 17.3 Å². The monoisotopic (exact) mass is 436 g/mol. The molecule has 0 saturated carbocycles. The molecule has 0 radical (unpaired) electrons. The Labute approximate surface area is 176 Å². The second-order valence-corrected chi connectivity index (χ2v) is 9.52. The van der Waals surface area contributed by atoms with Gasteiger partial charge in [0, 0.05) is 18.7 Å². The van der Waals surface area contributed by atoms with Crippen LogP contribution in [-0.2, 0) is 10.0 Å². The number of rotatable bonds is 7. The van der Waals surface area contributed by atoms with E-state index in [4.69, 9.17) is 16.3 Å². The van der Waals surface area contributed by atoms with Crippen LogP contribution < -0.4 is 10.1 Å². The minimum absolute atomic E-state index is 0.0301. The van der Waals surface area contributed by atoms with E-state index in [-0.39, 0.29) is 27.4 Å². The Morgan fingerprint density at radius 3 is 2.59 bits per heavy atom. The summed E-state index contributed by atoms with van der Waals surface area (Å²) in [5.74, 6) is 0.388. The number of hydrogen-bond acceptors (Lipinski definition) is 4. The number of aryl methyl sites for hydroxylation is 1. The first-order chi connectivity index (χ1) is 13.8. The molecule has 1 amide bonds. The van der Waals surface area contributed by atoms with E-state index in [1.54, 1.807) is 0 Å². The van der Waals surface area contributed by atoms with Gasteiger partial charge < -0.3 is 10.1 Å². The molecule has 0 unspecified atom stereocenters. The molecule has 3 rings (SSSR count). The molecule has 2 aromatic carbocycles. The topological polar surface area (TPSA) is 75.7 Å². The van der Waals surface area contributed by atoms with Gasteiger partial charge in [0.05, 0.1) is 11.1 Å². The molecule has 0 spiro atoms. The summed E-state index contributed by atoms with van der Waals surface area (Å²) in [6.07, 6.45) is 1.66. The quantitative estimate of drug-likeness (QED) is 0.719. The predicted molar refractivity (Wildman–Crippen MR) is 113 cm³/mol. The lowest BCUT2D eigenvalue weighted by molar-refractivity contribution is 0.0926. The van der Waals surface area contributed by atoms with Crippen molar-refractivity contribution in [2.24, 2.45) is 0 Å². The maximum absolute atomic E-state index is 12.8. The van der Waals surface area contributed by atoms with Gasteiger partial charge in [0.25, 0.3) is 5.91 Å². The zero-order valence-electron chi connectivity index (χ0n) is 16.5. The molecule has 0 aromatic heterocycles. The van der Waals surface area contributed by atoms with Crippen LogP contribution in [0.1, 0.15) is 35.7 Å². The summed E-state index contributed by atoms with van der Waals surface area (Å²) in [6, 6.07) is 11.7. The highest BCUT2D eigenvalue weighted by Crippen LogP contribution is 2.28. The highest BCUT2D eigenvalue weighted by atomic mass is 35.5. The van der Waals surface area contributed by atoms with Gasteiger partial charge >= 0.3 is 0 Å². The summed E-state index contributed by atoms with van der Waals surface area (Å²) in [7, 11) is -3.71. The number of hydrogen-bond donors (Lipinski definition) is 1. The fourth-order valence-electron chi connectivity index (χ4n) is 3.19. The third-order valence-corrected chi connectivity index (χ3v) is 7.22. The summed E-state index contributed by atoms with van der Waals surface area (Å²) in [6.45, 7) is 5.02. The maximum atomic E-state index is 12.8. The number of amides is 1. The molecule has 0 aliphatic carbocycles. The van der Waals surface area contributed by atoms with Gasteiger partial charge in [-0.05, 0) is 56.5 Å². The minimum atomic E-state index is -3.71. The Bertz CT molecular complexity index is 988. The number of carbonyl (C=O) groups is 1. The van der Waals surface area contributed by atoms with Crippen molar-refractivity contribution in [3.63, 3.8) is 0 Å². The molecule has 156 valence electrons. The maximum Gasteiger partial charge on any atom is 0.251 e. The van der Waals surface area contributed by atoms with Crippen molar-refractivity contribution < 1.29 is 17.9 Å². The number of para-hydroxylation sites is 1. The Kier molecular flexibility index (Phi) is 6.82. The number of halogens is 1. The van der Waals surface area contributed by atoms with Gasteiger partial charge in [-0.25, -0.2) is 8.42 Å². The van der Waals surface area contributed by atoms with E-state index in [0.717, 1.165) is 24.2 Å². The standard InChI is InChI=1S/C21H25ClN2O4S/c1-15-7-3-4-8-19(15)28-14-16(2)23-21(25)17-9-10-18(22)20(13-17)29(26,27)24-11-5-6-12-24/h3-4,7-10,13,16H,5-6,11-12,14H2,1-2H3,(H,23,25)/t16-/m0/s1. The van der Waals surface area contributed by atoms with Crippen molar-refractivity contribution in [1.29, 1.82) is 0 Å². The van der Waals surface area contributed by atoms with Crippen LogP contribution in [0, 0.1) is 6.92 Å². The smallest absolute Gasteiger partial charge is 0.251 e. The second kappa shape index (κ2) is 9.15. The van der Waals surface area contributed by atoms with Crippen molar-refractivity contribution in [2.75, 3.05) is 19.7 Å². The van der Waals surface area contributed by atoms with Crippen LogP contribution in [-0.4, -0.2) is 44.4 Å². The van der Waals surface area contributed by atoms with Crippen LogP contribution in [0.5, 0.6) is 5.75 Å². The summed E-state index contributed by atoms with van der Waals surface area (Å²) in [5, 5.41) is 2.95. The third kappa shape index (κ3) is 5.10. The average Bonchev–Trinajstić information content (AvgIpc) is 3.23. The molecule has 1 atom stereocenters. The van der Waals surface area contributed by atoms with Crippen LogP contribution in [0.4, 0.5) is 0 Å².